The highest BCUT2D eigenvalue weighted by atomic mass is 16.6. The molecule has 0 bridgehead atoms. The molecule has 7 N–H and O–H groups in total. The number of nitrogens with zero attached hydrogens (tertiary/aromatic N) is 1. The van der Waals surface area contributed by atoms with Crippen LogP contribution in [0.4, 0.5) is 38.0 Å². The number of methoxy groups -OCH3 is 1. The Morgan fingerprint density at radius 3 is 1.68 bits per heavy atom. The summed E-state index contributed by atoms with van der Waals surface area (Å²) < 4.78 is 4.44. The lowest BCUT2D eigenvalue weighted by Crippen LogP contribution is -2.41. The molecule has 44 heavy (non-hydrogen) atoms. The summed E-state index contributed by atoms with van der Waals surface area (Å²) in [6, 6.07) is 26.9. The van der Waals surface area contributed by atoms with Crippen molar-refractivity contribution in [1.29, 1.82) is 0 Å². The van der Waals surface area contributed by atoms with Gasteiger partial charge in [-0.2, -0.15) is 0 Å². The van der Waals surface area contributed by atoms with Crippen molar-refractivity contribution in [3.63, 3.8) is 0 Å². The maximum absolute atomic E-state index is 12.1. The molecule has 4 aromatic rings. The van der Waals surface area contributed by atoms with Crippen molar-refractivity contribution in [2.45, 2.75) is 13.8 Å². The highest BCUT2D eigenvalue weighted by molar-refractivity contribution is 6.04. The number of amides is 4. The molecule has 0 aromatic heterocycles. The number of hydrogen-bond acceptors (Lipinski definition) is 9. The Morgan fingerprint density at radius 2 is 1.16 bits per heavy atom. The van der Waals surface area contributed by atoms with Gasteiger partial charge in [-0.25, -0.2) is 15.0 Å². The van der Waals surface area contributed by atoms with Crippen LogP contribution in [0.5, 0.6) is 0 Å². The maximum atomic E-state index is 12.1. The van der Waals surface area contributed by atoms with E-state index in [2.05, 4.69) is 42.6 Å². The van der Waals surface area contributed by atoms with Crippen LogP contribution in [-0.4, -0.2) is 30.1 Å². The first-order valence-corrected chi connectivity index (χ1v) is 13.1. The van der Waals surface area contributed by atoms with Crippen LogP contribution in [0.15, 0.2) is 97.1 Å². The number of anilines is 4. The fraction of sp³-hybridized carbons (Fsp3) is 0.100. The smallest absolute Gasteiger partial charge is 0.425 e. The lowest BCUT2D eigenvalue weighted by atomic mass is 10.1. The summed E-state index contributed by atoms with van der Waals surface area (Å²) in [6.45, 7) is 3.91. The van der Waals surface area contributed by atoms with Crippen molar-refractivity contribution in [3.8, 4) is 0 Å². The fourth-order valence-electron chi connectivity index (χ4n) is 3.39. The van der Waals surface area contributed by atoms with Gasteiger partial charge in [0.05, 0.1) is 29.1 Å². The number of nitro benzene ring substituents is 1. The molecule has 0 saturated carbocycles. The standard InChI is InChI=1S/C16H17N3O3.C14H15N5O3/c1-11-4-3-5-12(10-11)15(20)17-13-6-8-14(9-7-13)18-19-16(21)22-2;1-10-2-4-11(5-3-10)15-17-14(20)18-16-12-6-8-13(9-7-12)19(21)22/h3-10,18H,1-2H3,(H,17,20)(H,19,21);2-9,15-16H,1H3,(H2,17,18,20). The van der Waals surface area contributed by atoms with Crippen LogP contribution in [-0.2, 0) is 4.74 Å². The van der Waals surface area contributed by atoms with E-state index in [1.807, 2.05) is 56.3 Å². The second kappa shape index (κ2) is 16.2. The van der Waals surface area contributed by atoms with Crippen molar-refractivity contribution in [2.24, 2.45) is 0 Å². The molecule has 0 aliphatic rings. The predicted molar refractivity (Wildman–Crippen MR) is 168 cm³/mol. The van der Waals surface area contributed by atoms with Crippen LogP contribution in [0.2, 0.25) is 0 Å². The van der Waals surface area contributed by atoms with Gasteiger partial charge < -0.3 is 10.1 Å². The molecule has 0 spiro atoms. The van der Waals surface area contributed by atoms with Gasteiger partial charge in [-0.15, -0.1) is 0 Å². The molecule has 0 fully saturated rings. The van der Waals surface area contributed by atoms with Gasteiger partial charge in [-0.05, 0) is 74.5 Å². The molecule has 0 saturated heterocycles. The quantitative estimate of drug-likeness (QED) is 0.0963. The summed E-state index contributed by atoms with van der Waals surface area (Å²) in [5.74, 6) is -0.169. The molecule has 0 radical (unpaired) electrons. The SMILES string of the molecule is COC(=O)NNc1ccc(NC(=O)c2cccc(C)c2)cc1.Cc1ccc(NNC(=O)NNc2ccc([N+](=O)[O-])cc2)cc1. The number of hydrogen-bond donors (Lipinski definition) is 7. The number of nitrogens with one attached hydrogen (secondary N) is 7. The van der Waals surface area contributed by atoms with Gasteiger partial charge in [0.1, 0.15) is 0 Å². The largest absolute Gasteiger partial charge is 0.452 e. The first-order chi connectivity index (χ1) is 21.1. The van der Waals surface area contributed by atoms with Crippen LogP contribution >= 0.6 is 0 Å². The zero-order valence-corrected chi connectivity index (χ0v) is 24.1. The first kappa shape index (κ1) is 32.2. The average Bonchev–Trinajstić information content (AvgIpc) is 3.03. The second-order valence-corrected chi connectivity index (χ2v) is 9.14. The lowest BCUT2D eigenvalue weighted by Gasteiger charge is -2.11. The number of carbonyl (C=O) groups excluding carboxylic acids is 3. The van der Waals surface area contributed by atoms with E-state index in [-0.39, 0.29) is 11.6 Å². The van der Waals surface area contributed by atoms with Crippen molar-refractivity contribution >= 4 is 46.5 Å². The van der Waals surface area contributed by atoms with Crippen LogP contribution < -0.4 is 37.9 Å². The monoisotopic (exact) mass is 600 g/mol. The molecule has 4 amide bonds. The fourth-order valence-corrected chi connectivity index (χ4v) is 3.39. The summed E-state index contributed by atoms with van der Waals surface area (Å²) in [4.78, 5) is 44.6. The molecule has 0 aliphatic heterocycles. The van der Waals surface area contributed by atoms with Gasteiger partial charge in [0.25, 0.3) is 11.6 Å². The molecule has 4 aromatic carbocycles. The first-order valence-electron chi connectivity index (χ1n) is 13.1. The zero-order chi connectivity index (χ0) is 31.9. The Labute approximate surface area is 253 Å². The highest BCUT2D eigenvalue weighted by Crippen LogP contribution is 2.16. The Kier molecular flexibility index (Phi) is 11.9. The number of hydrazine groups is 3. The van der Waals surface area contributed by atoms with E-state index >= 15 is 0 Å². The van der Waals surface area contributed by atoms with E-state index in [0.717, 1.165) is 16.8 Å². The highest BCUT2D eigenvalue weighted by Gasteiger charge is 2.07. The molecular weight excluding hydrogens is 568 g/mol. The third kappa shape index (κ3) is 10.9. The third-order valence-corrected chi connectivity index (χ3v) is 5.69. The van der Waals surface area contributed by atoms with Crippen molar-refractivity contribution in [2.75, 3.05) is 28.7 Å². The van der Waals surface area contributed by atoms with Gasteiger partial charge in [0.2, 0.25) is 0 Å². The van der Waals surface area contributed by atoms with Crippen LogP contribution in [0, 0.1) is 24.0 Å². The molecule has 0 atom stereocenters. The van der Waals surface area contributed by atoms with Crippen molar-refractivity contribution in [3.05, 3.63) is 124 Å². The Morgan fingerprint density at radius 1 is 0.659 bits per heavy atom. The second-order valence-electron chi connectivity index (χ2n) is 9.14. The topological polar surface area (TPSA) is 188 Å². The number of urea groups is 1. The number of non-ortho nitro benzene ring substituents is 1. The van der Waals surface area contributed by atoms with E-state index < -0.39 is 17.0 Å². The summed E-state index contributed by atoms with van der Waals surface area (Å²) in [5.41, 5.74) is 20.6. The minimum Gasteiger partial charge on any atom is -0.452 e. The van der Waals surface area contributed by atoms with Crippen molar-refractivity contribution < 1.29 is 24.0 Å². The maximum Gasteiger partial charge on any atom is 0.425 e. The van der Waals surface area contributed by atoms with E-state index in [4.69, 9.17) is 0 Å². The lowest BCUT2D eigenvalue weighted by molar-refractivity contribution is -0.384. The Bertz CT molecular complexity index is 1560. The molecule has 14 nitrogen and oxygen atoms in total. The Hall–Kier alpha value is -6.31. The van der Waals surface area contributed by atoms with Crippen molar-refractivity contribution in [1.82, 2.24) is 16.3 Å². The van der Waals surface area contributed by atoms with Crippen LogP contribution in [0.25, 0.3) is 0 Å². The molecule has 0 unspecified atom stereocenters. The average molecular weight is 601 g/mol. The van der Waals surface area contributed by atoms with Gasteiger partial charge in [0.15, 0.2) is 0 Å². The van der Waals surface area contributed by atoms with Gasteiger partial charge >= 0.3 is 12.1 Å². The molecule has 0 heterocycles. The number of carbonyl (C=O) groups is 3. The number of nitro groups is 1. The molecule has 14 heteroatoms. The van der Waals surface area contributed by atoms with E-state index in [0.29, 0.717) is 22.6 Å². The summed E-state index contributed by atoms with van der Waals surface area (Å²) in [7, 11) is 1.28. The Balaban J connectivity index is 0.000000240. The number of rotatable bonds is 9. The van der Waals surface area contributed by atoms with E-state index in [1.54, 1.807) is 30.3 Å². The zero-order valence-electron chi connectivity index (χ0n) is 24.1. The predicted octanol–water partition coefficient (Wildman–Crippen LogP) is 5.49. The molecule has 228 valence electrons. The van der Waals surface area contributed by atoms with E-state index in [9.17, 15) is 24.5 Å². The van der Waals surface area contributed by atoms with Gasteiger partial charge in [0, 0.05) is 23.4 Å². The van der Waals surface area contributed by atoms with Gasteiger partial charge in [-0.1, -0.05) is 35.4 Å². The molecule has 0 aliphatic carbocycles. The molecular formula is C30H32N8O6. The third-order valence-electron chi connectivity index (χ3n) is 5.69. The molecule has 4 rings (SSSR count). The van der Waals surface area contributed by atoms with Gasteiger partial charge in [-0.3, -0.25) is 42.0 Å². The van der Waals surface area contributed by atoms with Crippen LogP contribution in [0.1, 0.15) is 21.5 Å². The summed E-state index contributed by atoms with van der Waals surface area (Å²) in [5, 5.41) is 13.3. The summed E-state index contributed by atoms with van der Waals surface area (Å²) >= 11 is 0. The van der Waals surface area contributed by atoms with E-state index in [1.165, 1.54) is 31.4 Å². The minimum atomic E-state index is -0.586. The number of aryl methyl sites for hydroxylation is 2. The number of ether oxygens (including phenoxy) is 1. The van der Waals surface area contributed by atoms with Crippen LogP contribution in [0.3, 0.4) is 0 Å². The summed E-state index contributed by atoms with van der Waals surface area (Å²) in [6.07, 6.45) is -0.586. The minimum absolute atomic E-state index is 0.0176. The number of benzene rings is 4. The normalized spacial score (nSPS) is 9.70.